The Kier molecular flexibility index (Phi) is 4.48. The van der Waals surface area contributed by atoms with Crippen molar-refractivity contribution in [2.75, 3.05) is 17.6 Å². The summed E-state index contributed by atoms with van der Waals surface area (Å²) in [6.45, 7) is 6.47. The highest BCUT2D eigenvalue weighted by Crippen LogP contribution is 2.34. The zero-order chi connectivity index (χ0) is 14.8. The Morgan fingerprint density at radius 2 is 1.95 bits per heavy atom. The number of nitrogens with two attached hydrogens (primary N) is 1. The van der Waals surface area contributed by atoms with Crippen molar-refractivity contribution in [3.63, 3.8) is 0 Å². The minimum Gasteiger partial charge on any atom is -0.388 e. The van der Waals surface area contributed by atoms with Gasteiger partial charge in [-0.25, -0.2) is 9.97 Å². The lowest BCUT2D eigenvalue weighted by atomic mass is 9.78. The molecule has 1 saturated carbocycles. The van der Waals surface area contributed by atoms with Crippen LogP contribution in [0.1, 0.15) is 50.4 Å². The zero-order valence-corrected chi connectivity index (χ0v) is 12.7. The summed E-state index contributed by atoms with van der Waals surface area (Å²) in [4.78, 5) is 8.50. The van der Waals surface area contributed by atoms with Crippen LogP contribution < -0.4 is 11.1 Å². The summed E-state index contributed by atoms with van der Waals surface area (Å²) in [6.07, 6.45) is 5.15. The first-order chi connectivity index (χ1) is 9.43. The van der Waals surface area contributed by atoms with E-state index < -0.39 is 5.60 Å². The molecule has 0 radical (unpaired) electrons. The second-order valence-corrected chi connectivity index (χ2v) is 6.06. The Bertz CT molecular complexity index is 467. The van der Waals surface area contributed by atoms with E-state index in [0.29, 0.717) is 18.2 Å². The van der Waals surface area contributed by atoms with E-state index in [2.05, 4.69) is 22.2 Å². The van der Waals surface area contributed by atoms with Crippen LogP contribution in [0.4, 0.5) is 11.6 Å². The van der Waals surface area contributed by atoms with Crippen molar-refractivity contribution >= 4 is 11.6 Å². The molecule has 0 amide bonds. The molecular weight excluding hydrogens is 252 g/mol. The molecule has 112 valence electrons. The third-order valence-corrected chi connectivity index (χ3v) is 4.49. The summed E-state index contributed by atoms with van der Waals surface area (Å²) < 4.78 is 0. The molecule has 0 spiro atoms. The third kappa shape index (κ3) is 3.39. The van der Waals surface area contributed by atoms with Gasteiger partial charge in [0.1, 0.15) is 17.5 Å². The minimum absolute atomic E-state index is 0.502. The molecule has 4 N–H and O–H groups in total. The first kappa shape index (κ1) is 15.0. The van der Waals surface area contributed by atoms with Gasteiger partial charge in [-0.05, 0) is 45.4 Å². The molecule has 1 fully saturated rings. The van der Waals surface area contributed by atoms with E-state index in [9.17, 15) is 5.11 Å². The van der Waals surface area contributed by atoms with Crippen LogP contribution in [-0.4, -0.2) is 27.2 Å². The van der Waals surface area contributed by atoms with Crippen molar-refractivity contribution in [2.24, 2.45) is 5.92 Å². The van der Waals surface area contributed by atoms with Crippen LogP contribution in [0, 0.1) is 19.8 Å². The molecule has 5 nitrogen and oxygen atoms in total. The van der Waals surface area contributed by atoms with Crippen LogP contribution in [0.3, 0.4) is 0 Å². The van der Waals surface area contributed by atoms with E-state index in [1.54, 1.807) is 0 Å². The number of rotatable bonds is 4. The molecule has 5 heteroatoms. The summed E-state index contributed by atoms with van der Waals surface area (Å²) in [5.41, 5.74) is 6.07. The lowest BCUT2D eigenvalue weighted by molar-refractivity contribution is 0.00222. The van der Waals surface area contributed by atoms with E-state index in [4.69, 9.17) is 5.73 Å². The average molecular weight is 278 g/mol. The Morgan fingerprint density at radius 1 is 1.30 bits per heavy atom. The molecule has 1 aliphatic carbocycles. The molecule has 0 saturated heterocycles. The van der Waals surface area contributed by atoms with E-state index >= 15 is 0 Å². The van der Waals surface area contributed by atoms with E-state index in [1.165, 1.54) is 6.42 Å². The molecule has 0 unspecified atom stereocenters. The molecular formula is C15H26N4O. The van der Waals surface area contributed by atoms with E-state index in [-0.39, 0.29) is 0 Å². The second-order valence-electron chi connectivity index (χ2n) is 6.06. The molecule has 0 bridgehead atoms. The van der Waals surface area contributed by atoms with Gasteiger partial charge in [0.15, 0.2) is 0 Å². The highest BCUT2D eigenvalue weighted by molar-refractivity contribution is 5.54. The Balaban J connectivity index is 1.99. The third-order valence-electron chi connectivity index (χ3n) is 4.49. The summed E-state index contributed by atoms with van der Waals surface area (Å²) in [5, 5.41) is 13.9. The summed E-state index contributed by atoms with van der Waals surface area (Å²) >= 11 is 0. The minimum atomic E-state index is -0.619. The predicted molar refractivity (Wildman–Crippen MR) is 81.6 cm³/mol. The number of aryl methyl sites for hydroxylation is 1. The van der Waals surface area contributed by atoms with Crippen LogP contribution in [0.2, 0.25) is 0 Å². The monoisotopic (exact) mass is 278 g/mol. The van der Waals surface area contributed by atoms with Crippen molar-refractivity contribution in [1.29, 1.82) is 0 Å². The molecule has 1 aromatic heterocycles. The molecule has 0 aliphatic heterocycles. The average Bonchev–Trinajstić information content (AvgIpc) is 2.42. The van der Waals surface area contributed by atoms with Crippen LogP contribution >= 0.6 is 0 Å². The Morgan fingerprint density at radius 3 is 2.55 bits per heavy atom. The van der Waals surface area contributed by atoms with Gasteiger partial charge in [0.05, 0.1) is 5.60 Å². The van der Waals surface area contributed by atoms with Gasteiger partial charge in [-0.3, -0.25) is 0 Å². The van der Waals surface area contributed by atoms with Gasteiger partial charge in [-0.15, -0.1) is 0 Å². The van der Waals surface area contributed by atoms with Gasteiger partial charge in [-0.1, -0.05) is 13.3 Å². The number of aliphatic hydroxyl groups is 1. The normalized spacial score (nSPS) is 26.5. The van der Waals surface area contributed by atoms with Gasteiger partial charge in [0.25, 0.3) is 0 Å². The van der Waals surface area contributed by atoms with Crippen molar-refractivity contribution in [3.8, 4) is 0 Å². The maximum atomic E-state index is 10.6. The first-order valence-corrected chi connectivity index (χ1v) is 7.50. The fourth-order valence-electron chi connectivity index (χ4n) is 2.87. The smallest absolute Gasteiger partial charge is 0.134 e. The number of hydrogen-bond donors (Lipinski definition) is 3. The summed E-state index contributed by atoms with van der Waals surface area (Å²) in [6, 6.07) is 0. The number of nitrogen functional groups attached to an aromatic ring is 1. The molecule has 2 rings (SSSR count). The lowest BCUT2D eigenvalue weighted by Gasteiger charge is -2.36. The number of aromatic nitrogens is 2. The Hall–Kier alpha value is -1.36. The summed E-state index contributed by atoms with van der Waals surface area (Å²) in [5.74, 6) is 2.66. The molecule has 1 aromatic rings. The van der Waals surface area contributed by atoms with Gasteiger partial charge < -0.3 is 16.2 Å². The molecule has 20 heavy (non-hydrogen) atoms. The van der Waals surface area contributed by atoms with Crippen molar-refractivity contribution in [3.05, 3.63) is 11.4 Å². The maximum Gasteiger partial charge on any atom is 0.134 e. The standard InChI is InChI=1S/C15H26N4O/c1-4-12-5-7-15(20,8-6-12)9-17-14-10(2)13(16)18-11(3)19-14/h12,20H,4-9H2,1-3H3,(H3,16,17,18,19). The molecule has 1 aliphatic rings. The van der Waals surface area contributed by atoms with Gasteiger partial charge in [0.2, 0.25) is 0 Å². The Labute approximate surface area is 121 Å². The maximum absolute atomic E-state index is 10.6. The molecule has 0 atom stereocenters. The van der Waals surface area contributed by atoms with E-state index in [1.807, 2.05) is 13.8 Å². The van der Waals surface area contributed by atoms with Crippen LogP contribution in [0.5, 0.6) is 0 Å². The highest BCUT2D eigenvalue weighted by atomic mass is 16.3. The summed E-state index contributed by atoms with van der Waals surface area (Å²) in [7, 11) is 0. The fraction of sp³-hybridized carbons (Fsp3) is 0.733. The first-order valence-electron chi connectivity index (χ1n) is 7.50. The molecule has 1 heterocycles. The number of nitrogens with zero attached hydrogens (tertiary/aromatic N) is 2. The number of nitrogens with one attached hydrogen (secondary N) is 1. The van der Waals surface area contributed by atoms with E-state index in [0.717, 1.165) is 43.0 Å². The number of anilines is 2. The number of hydrogen-bond acceptors (Lipinski definition) is 5. The topological polar surface area (TPSA) is 84.1 Å². The van der Waals surface area contributed by atoms with Crippen molar-refractivity contribution in [1.82, 2.24) is 9.97 Å². The van der Waals surface area contributed by atoms with Crippen molar-refractivity contribution in [2.45, 2.75) is 58.5 Å². The second kappa shape index (κ2) is 5.95. The highest BCUT2D eigenvalue weighted by Gasteiger charge is 2.32. The fourth-order valence-corrected chi connectivity index (χ4v) is 2.87. The SMILES string of the molecule is CCC1CCC(O)(CNc2nc(C)nc(N)c2C)CC1. The van der Waals surface area contributed by atoms with Crippen LogP contribution in [0.25, 0.3) is 0 Å². The largest absolute Gasteiger partial charge is 0.388 e. The van der Waals surface area contributed by atoms with Crippen molar-refractivity contribution < 1.29 is 5.11 Å². The van der Waals surface area contributed by atoms with Gasteiger partial charge in [-0.2, -0.15) is 0 Å². The predicted octanol–water partition coefficient (Wildman–Crippen LogP) is 2.42. The zero-order valence-electron chi connectivity index (χ0n) is 12.7. The van der Waals surface area contributed by atoms with Gasteiger partial charge >= 0.3 is 0 Å². The van der Waals surface area contributed by atoms with Crippen LogP contribution in [0.15, 0.2) is 0 Å². The van der Waals surface area contributed by atoms with Crippen LogP contribution in [-0.2, 0) is 0 Å². The molecule has 0 aromatic carbocycles. The van der Waals surface area contributed by atoms with Gasteiger partial charge in [0, 0.05) is 12.1 Å². The lowest BCUT2D eigenvalue weighted by Crippen LogP contribution is -2.40. The quantitative estimate of drug-likeness (QED) is 0.787.